The maximum atomic E-state index is 12.8. The second-order valence-corrected chi connectivity index (χ2v) is 7.53. The number of rotatable bonds is 5. The summed E-state index contributed by atoms with van der Waals surface area (Å²) in [5, 5.41) is 0.966. The zero-order valence-electron chi connectivity index (χ0n) is 15.6. The first kappa shape index (κ1) is 20.1. The van der Waals surface area contributed by atoms with E-state index in [9.17, 15) is 14.4 Å². The lowest BCUT2D eigenvalue weighted by atomic mass is 10.1. The van der Waals surface area contributed by atoms with Gasteiger partial charge in [0.1, 0.15) is 6.61 Å². The Bertz CT molecular complexity index is 1180. The fourth-order valence-electron chi connectivity index (χ4n) is 3.20. The standard InChI is InChI=1S/C23H15Cl2NO4/c24-19-7-3-1-5-15(19)12-26-21(27)17-10-9-14(11-18(17)22(26)28)23(29)30-13-16-6-2-4-8-20(16)25/h1-11H,12-13H2. The lowest BCUT2D eigenvalue weighted by Gasteiger charge is -2.14. The van der Waals surface area contributed by atoms with E-state index in [-0.39, 0.29) is 29.8 Å². The summed E-state index contributed by atoms with van der Waals surface area (Å²) in [7, 11) is 0. The largest absolute Gasteiger partial charge is 0.457 e. The molecule has 0 fully saturated rings. The van der Waals surface area contributed by atoms with Crippen molar-refractivity contribution in [3.8, 4) is 0 Å². The Morgan fingerprint density at radius 2 is 1.40 bits per heavy atom. The highest BCUT2D eigenvalue weighted by atomic mass is 35.5. The third kappa shape index (κ3) is 3.82. The van der Waals surface area contributed by atoms with Gasteiger partial charge in [-0.15, -0.1) is 0 Å². The number of hydrogen-bond acceptors (Lipinski definition) is 4. The monoisotopic (exact) mass is 439 g/mol. The molecule has 0 atom stereocenters. The van der Waals surface area contributed by atoms with Crippen LogP contribution in [0.15, 0.2) is 66.7 Å². The van der Waals surface area contributed by atoms with Crippen molar-refractivity contribution in [2.24, 2.45) is 0 Å². The van der Waals surface area contributed by atoms with E-state index in [1.165, 1.54) is 18.2 Å². The Balaban J connectivity index is 1.52. The van der Waals surface area contributed by atoms with Gasteiger partial charge in [0.25, 0.3) is 11.8 Å². The molecule has 30 heavy (non-hydrogen) atoms. The molecule has 150 valence electrons. The topological polar surface area (TPSA) is 63.7 Å². The number of nitrogens with zero attached hydrogens (tertiary/aromatic N) is 1. The Morgan fingerprint density at radius 1 is 0.800 bits per heavy atom. The van der Waals surface area contributed by atoms with Crippen LogP contribution in [-0.4, -0.2) is 22.7 Å². The zero-order chi connectivity index (χ0) is 21.3. The summed E-state index contributed by atoms with van der Waals surface area (Å²) in [5.74, 6) is -1.51. The van der Waals surface area contributed by atoms with Gasteiger partial charge in [-0.2, -0.15) is 0 Å². The highest BCUT2D eigenvalue weighted by molar-refractivity contribution is 6.31. The minimum absolute atomic E-state index is 0.00109. The molecule has 1 aliphatic heterocycles. The van der Waals surface area contributed by atoms with Gasteiger partial charge in [-0.25, -0.2) is 4.79 Å². The van der Waals surface area contributed by atoms with E-state index in [1.54, 1.807) is 48.5 Å². The van der Waals surface area contributed by atoms with E-state index in [4.69, 9.17) is 27.9 Å². The molecule has 7 heteroatoms. The summed E-state index contributed by atoms with van der Waals surface area (Å²) in [6.07, 6.45) is 0. The number of amides is 2. The predicted octanol–water partition coefficient (Wildman–Crippen LogP) is 5.15. The molecule has 0 aliphatic carbocycles. The van der Waals surface area contributed by atoms with Crippen LogP contribution in [-0.2, 0) is 17.9 Å². The van der Waals surface area contributed by atoms with Gasteiger partial charge >= 0.3 is 5.97 Å². The van der Waals surface area contributed by atoms with Gasteiger partial charge in [-0.1, -0.05) is 59.6 Å². The average molecular weight is 440 g/mol. The number of imide groups is 1. The van der Waals surface area contributed by atoms with Crippen molar-refractivity contribution in [1.29, 1.82) is 0 Å². The fraction of sp³-hybridized carbons (Fsp3) is 0.0870. The van der Waals surface area contributed by atoms with Crippen LogP contribution in [0.5, 0.6) is 0 Å². The number of esters is 1. The Morgan fingerprint density at radius 3 is 2.07 bits per heavy atom. The molecule has 0 bridgehead atoms. The molecule has 0 saturated carbocycles. The molecule has 0 spiro atoms. The molecule has 3 aromatic rings. The van der Waals surface area contributed by atoms with Crippen molar-refractivity contribution in [2.45, 2.75) is 13.2 Å². The van der Waals surface area contributed by atoms with Crippen LogP contribution in [0.1, 0.15) is 42.2 Å². The van der Waals surface area contributed by atoms with Crippen molar-refractivity contribution < 1.29 is 19.1 Å². The van der Waals surface area contributed by atoms with E-state index < -0.39 is 17.8 Å². The van der Waals surface area contributed by atoms with E-state index in [2.05, 4.69) is 0 Å². The first-order valence-electron chi connectivity index (χ1n) is 9.10. The van der Waals surface area contributed by atoms with Crippen LogP contribution in [0.4, 0.5) is 0 Å². The number of carbonyl (C=O) groups is 3. The summed E-state index contributed by atoms with van der Waals surface area (Å²) in [6, 6.07) is 18.4. The SMILES string of the molecule is O=C(OCc1ccccc1Cl)c1ccc2c(c1)C(=O)N(Cc1ccccc1Cl)C2=O. The summed E-state index contributed by atoms with van der Waals surface area (Å²) in [5.41, 5.74) is 1.93. The van der Waals surface area contributed by atoms with Gasteiger partial charge in [-0.3, -0.25) is 14.5 Å². The van der Waals surface area contributed by atoms with E-state index in [0.717, 1.165) is 4.90 Å². The van der Waals surface area contributed by atoms with Gasteiger partial charge in [0.05, 0.1) is 23.2 Å². The lowest BCUT2D eigenvalue weighted by molar-refractivity contribution is 0.0472. The summed E-state index contributed by atoms with van der Waals surface area (Å²) in [6.45, 7) is 0.0550. The van der Waals surface area contributed by atoms with Gasteiger partial charge in [0.2, 0.25) is 0 Å². The number of carbonyl (C=O) groups excluding carboxylic acids is 3. The second kappa shape index (κ2) is 8.30. The number of benzene rings is 3. The smallest absolute Gasteiger partial charge is 0.338 e. The highest BCUT2D eigenvalue weighted by Gasteiger charge is 2.36. The molecule has 5 nitrogen and oxygen atoms in total. The van der Waals surface area contributed by atoms with Crippen LogP contribution in [0.3, 0.4) is 0 Å². The molecule has 1 heterocycles. The minimum Gasteiger partial charge on any atom is -0.457 e. The summed E-state index contributed by atoms with van der Waals surface area (Å²) in [4.78, 5) is 39.1. The second-order valence-electron chi connectivity index (χ2n) is 6.72. The van der Waals surface area contributed by atoms with Crippen LogP contribution in [0, 0.1) is 0 Å². The van der Waals surface area contributed by atoms with E-state index >= 15 is 0 Å². The van der Waals surface area contributed by atoms with Gasteiger partial charge in [0.15, 0.2) is 0 Å². The zero-order valence-corrected chi connectivity index (χ0v) is 17.1. The summed E-state index contributed by atoms with van der Waals surface area (Å²) < 4.78 is 5.30. The van der Waals surface area contributed by atoms with Crippen LogP contribution < -0.4 is 0 Å². The predicted molar refractivity (Wildman–Crippen MR) is 113 cm³/mol. The Labute approximate surface area is 182 Å². The third-order valence-electron chi connectivity index (χ3n) is 4.81. The van der Waals surface area contributed by atoms with Gasteiger partial charge in [-0.05, 0) is 35.9 Å². The Hall–Kier alpha value is -3.15. The molecule has 0 aromatic heterocycles. The molecule has 3 aromatic carbocycles. The van der Waals surface area contributed by atoms with Gasteiger partial charge in [0, 0.05) is 15.6 Å². The molecule has 1 aliphatic rings. The van der Waals surface area contributed by atoms with Gasteiger partial charge < -0.3 is 4.74 Å². The fourth-order valence-corrected chi connectivity index (χ4v) is 3.59. The van der Waals surface area contributed by atoms with Crippen molar-refractivity contribution in [3.05, 3.63) is 105 Å². The van der Waals surface area contributed by atoms with Crippen molar-refractivity contribution in [3.63, 3.8) is 0 Å². The van der Waals surface area contributed by atoms with E-state index in [0.29, 0.717) is 21.2 Å². The van der Waals surface area contributed by atoms with Crippen molar-refractivity contribution >= 4 is 41.0 Å². The first-order valence-corrected chi connectivity index (χ1v) is 9.85. The van der Waals surface area contributed by atoms with Crippen molar-refractivity contribution in [2.75, 3.05) is 0 Å². The number of fused-ring (bicyclic) bond motifs is 1. The molecule has 4 rings (SSSR count). The molecule has 2 amide bonds. The van der Waals surface area contributed by atoms with Crippen LogP contribution >= 0.6 is 23.2 Å². The molecule has 0 radical (unpaired) electrons. The lowest BCUT2D eigenvalue weighted by Crippen LogP contribution is -2.29. The quantitative estimate of drug-likeness (QED) is 0.407. The third-order valence-corrected chi connectivity index (χ3v) is 5.55. The maximum absolute atomic E-state index is 12.8. The first-order chi connectivity index (χ1) is 14.5. The molecule has 0 saturated heterocycles. The maximum Gasteiger partial charge on any atom is 0.338 e. The highest BCUT2D eigenvalue weighted by Crippen LogP contribution is 2.28. The average Bonchev–Trinajstić information content (AvgIpc) is 2.99. The van der Waals surface area contributed by atoms with Crippen LogP contribution in [0.2, 0.25) is 10.0 Å². The molecule has 0 unspecified atom stereocenters. The minimum atomic E-state index is -0.609. The number of ether oxygens (including phenoxy) is 1. The molecule has 0 N–H and O–H groups in total. The van der Waals surface area contributed by atoms with E-state index in [1.807, 2.05) is 0 Å². The Kier molecular flexibility index (Phi) is 5.57. The van der Waals surface area contributed by atoms with Crippen LogP contribution in [0.25, 0.3) is 0 Å². The number of hydrogen-bond donors (Lipinski definition) is 0. The molecular weight excluding hydrogens is 425 g/mol. The number of halogens is 2. The normalized spacial score (nSPS) is 12.8. The summed E-state index contributed by atoms with van der Waals surface area (Å²) >= 11 is 12.2. The molecular formula is C23H15Cl2NO4. The van der Waals surface area contributed by atoms with Crippen molar-refractivity contribution in [1.82, 2.24) is 4.90 Å².